The van der Waals surface area contributed by atoms with Crippen molar-refractivity contribution in [3.8, 4) is 0 Å². The molecule has 1 saturated heterocycles. The summed E-state index contributed by atoms with van der Waals surface area (Å²) in [6, 6.07) is 0.198. The summed E-state index contributed by atoms with van der Waals surface area (Å²) in [5.41, 5.74) is -0.438. The molecule has 1 aliphatic carbocycles. The lowest BCUT2D eigenvalue weighted by molar-refractivity contribution is -0.0294. The van der Waals surface area contributed by atoms with Crippen LogP contribution in [0, 0.1) is 0 Å². The lowest BCUT2D eigenvalue weighted by Crippen LogP contribution is -2.50. The van der Waals surface area contributed by atoms with Gasteiger partial charge in [0.15, 0.2) is 0 Å². The SMILES string of the molecule is CN1CCN(CCOC2CC(NC(=O)OC(C)(C)C)C2)CC1. The summed E-state index contributed by atoms with van der Waals surface area (Å²) in [4.78, 5) is 16.4. The van der Waals surface area contributed by atoms with Gasteiger partial charge in [-0.05, 0) is 40.7 Å². The van der Waals surface area contributed by atoms with E-state index in [2.05, 4.69) is 22.2 Å². The Morgan fingerprint density at radius 2 is 1.82 bits per heavy atom. The number of hydrogen-bond acceptors (Lipinski definition) is 5. The third kappa shape index (κ3) is 6.10. The van der Waals surface area contributed by atoms with Gasteiger partial charge in [-0.2, -0.15) is 0 Å². The first-order valence-electron chi connectivity index (χ1n) is 8.34. The molecule has 1 aliphatic heterocycles. The number of hydrogen-bond donors (Lipinski definition) is 1. The topological polar surface area (TPSA) is 54.0 Å². The van der Waals surface area contributed by atoms with Crippen LogP contribution in [0.4, 0.5) is 4.79 Å². The van der Waals surface area contributed by atoms with Crippen LogP contribution in [0.5, 0.6) is 0 Å². The molecule has 0 atom stereocenters. The van der Waals surface area contributed by atoms with Crippen molar-refractivity contribution in [2.24, 2.45) is 0 Å². The Morgan fingerprint density at radius 1 is 1.18 bits per heavy atom. The Labute approximate surface area is 134 Å². The first kappa shape index (κ1) is 17.5. The maximum Gasteiger partial charge on any atom is 0.407 e. The van der Waals surface area contributed by atoms with Crippen LogP contribution in [-0.4, -0.2) is 80.0 Å². The minimum absolute atomic E-state index is 0.198. The smallest absolute Gasteiger partial charge is 0.407 e. The minimum Gasteiger partial charge on any atom is -0.444 e. The van der Waals surface area contributed by atoms with Crippen molar-refractivity contribution < 1.29 is 14.3 Å². The van der Waals surface area contributed by atoms with E-state index >= 15 is 0 Å². The van der Waals surface area contributed by atoms with Gasteiger partial charge in [-0.15, -0.1) is 0 Å². The zero-order chi connectivity index (χ0) is 16.2. The molecule has 2 aliphatic rings. The number of likely N-dealkylation sites (N-methyl/N-ethyl adjacent to an activating group) is 1. The molecule has 1 heterocycles. The van der Waals surface area contributed by atoms with E-state index in [0.717, 1.165) is 52.2 Å². The minimum atomic E-state index is -0.438. The molecule has 128 valence electrons. The van der Waals surface area contributed by atoms with Gasteiger partial charge in [0.2, 0.25) is 0 Å². The van der Waals surface area contributed by atoms with Crippen LogP contribution < -0.4 is 5.32 Å². The van der Waals surface area contributed by atoms with E-state index < -0.39 is 5.60 Å². The number of nitrogens with one attached hydrogen (secondary N) is 1. The maximum absolute atomic E-state index is 11.6. The zero-order valence-electron chi connectivity index (χ0n) is 14.4. The van der Waals surface area contributed by atoms with Crippen molar-refractivity contribution in [1.82, 2.24) is 15.1 Å². The van der Waals surface area contributed by atoms with Crippen molar-refractivity contribution in [2.45, 2.75) is 51.4 Å². The Morgan fingerprint density at radius 3 is 2.41 bits per heavy atom. The summed E-state index contributed by atoms with van der Waals surface area (Å²) >= 11 is 0. The normalized spacial score (nSPS) is 27.3. The van der Waals surface area contributed by atoms with Crippen LogP contribution in [0.1, 0.15) is 33.6 Å². The average Bonchev–Trinajstić information content (AvgIpc) is 2.35. The van der Waals surface area contributed by atoms with Crippen molar-refractivity contribution in [3.05, 3.63) is 0 Å². The second-order valence-corrected chi connectivity index (χ2v) is 7.45. The first-order chi connectivity index (χ1) is 10.3. The highest BCUT2D eigenvalue weighted by atomic mass is 16.6. The quantitative estimate of drug-likeness (QED) is 0.829. The van der Waals surface area contributed by atoms with E-state index in [0.29, 0.717) is 0 Å². The Balaban J connectivity index is 1.50. The second-order valence-electron chi connectivity index (χ2n) is 7.45. The summed E-state index contributed by atoms with van der Waals surface area (Å²) in [6.45, 7) is 12.0. The fourth-order valence-electron chi connectivity index (χ4n) is 2.71. The third-order valence-corrected chi connectivity index (χ3v) is 4.17. The second kappa shape index (κ2) is 7.62. The lowest BCUT2D eigenvalue weighted by Gasteiger charge is -2.37. The van der Waals surface area contributed by atoms with Crippen molar-refractivity contribution in [1.29, 1.82) is 0 Å². The number of piperazine rings is 1. The van der Waals surface area contributed by atoms with Crippen molar-refractivity contribution in [3.63, 3.8) is 0 Å². The van der Waals surface area contributed by atoms with Gasteiger partial charge in [-0.25, -0.2) is 4.79 Å². The molecule has 22 heavy (non-hydrogen) atoms. The molecule has 2 fully saturated rings. The molecule has 0 radical (unpaired) electrons. The molecule has 1 N–H and O–H groups in total. The van der Waals surface area contributed by atoms with Gasteiger partial charge in [0.05, 0.1) is 12.7 Å². The van der Waals surface area contributed by atoms with Gasteiger partial charge >= 0.3 is 6.09 Å². The van der Waals surface area contributed by atoms with E-state index in [1.807, 2.05) is 20.8 Å². The van der Waals surface area contributed by atoms with Gasteiger partial charge < -0.3 is 19.7 Å². The van der Waals surface area contributed by atoms with Crippen molar-refractivity contribution in [2.75, 3.05) is 46.4 Å². The fourth-order valence-corrected chi connectivity index (χ4v) is 2.71. The number of carbonyl (C=O) groups excluding carboxylic acids is 1. The number of nitrogens with zero attached hydrogens (tertiary/aromatic N) is 2. The van der Waals surface area contributed by atoms with Crippen LogP contribution in [0.15, 0.2) is 0 Å². The zero-order valence-corrected chi connectivity index (χ0v) is 14.4. The molecule has 0 unspecified atom stereocenters. The summed E-state index contributed by atoms with van der Waals surface area (Å²) in [5.74, 6) is 0. The Hall–Kier alpha value is -0.850. The Bertz CT molecular complexity index is 356. The van der Waals surface area contributed by atoms with Gasteiger partial charge in [0.25, 0.3) is 0 Å². The van der Waals surface area contributed by atoms with Crippen LogP contribution in [0.2, 0.25) is 0 Å². The molecule has 6 heteroatoms. The van der Waals surface area contributed by atoms with E-state index in [1.165, 1.54) is 0 Å². The average molecular weight is 313 g/mol. The first-order valence-corrected chi connectivity index (χ1v) is 8.34. The van der Waals surface area contributed by atoms with Crippen LogP contribution >= 0.6 is 0 Å². The number of alkyl carbamates (subject to hydrolysis) is 1. The molecule has 0 bridgehead atoms. The van der Waals surface area contributed by atoms with Gasteiger partial charge in [-0.3, -0.25) is 4.90 Å². The van der Waals surface area contributed by atoms with E-state index in [4.69, 9.17) is 9.47 Å². The Kier molecular flexibility index (Phi) is 6.06. The third-order valence-electron chi connectivity index (χ3n) is 4.17. The lowest BCUT2D eigenvalue weighted by atomic mass is 9.89. The molecule has 1 saturated carbocycles. The monoisotopic (exact) mass is 313 g/mol. The molecule has 0 aromatic rings. The number of ether oxygens (including phenoxy) is 2. The molecule has 6 nitrogen and oxygen atoms in total. The van der Waals surface area contributed by atoms with E-state index in [-0.39, 0.29) is 18.2 Å². The van der Waals surface area contributed by atoms with Gasteiger partial charge in [0.1, 0.15) is 5.60 Å². The maximum atomic E-state index is 11.6. The van der Waals surface area contributed by atoms with E-state index in [9.17, 15) is 4.79 Å². The van der Waals surface area contributed by atoms with Crippen LogP contribution in [0.25, 0.3) is 0 Å². The van der Waals surface area contributed by atoms with Crippen LogP contribution in [-0.2, 0) is 9.47 Å². The molecule has 0 spiro atoms. The predicted molar refractivity (Wildman–Crippen MR) is 86.1 cm³/mol. The summed E-state index contributed by atoms with van der Waals surface area (Å²) in [6.07, 6.45) is 1.74. The standard InChI is InChI=1S/C16H31N3O3/c1-16(2,3)22-15(20)17-13-11-14(12-13)21-10-9-19-7-5-18(4)6-8-19/h13-14H,5-12H2,1-4H3,(H,17,20). The van der Waals surface area contributed by atoms with Crippen LogP contribution in [0.3, 0.4) is 0 Å². The molecular formula is C16H31N3O3. The number of carbonyl (C=O) groups is 1. The van der Waals surface area contributed by atoms with Crippen molar-refractivity contribution >= 4 is 6.09 Å². The highest BCUT2D eigenvalue weighted by molar-refractivity contribution is 5.68. The molecular weight excluding hydrogens is 282 g/mol. The molecule has 0 aromatic heterocycles. The summed E-state index contributed by atoms with van der Waals surface area (Å²) in [5, 5.41) is 2.89. The van der Waals surface area contributed by atoms with Gasteiger partial charge in [0, 0.05) is 38.8 Å². The molecule has 0 aromatic carbocycles. The summed E-state index contributed by atoms with van der Waals surface area (Å²) in [7, 11) is 2.17. The number of rotatable bonds is 5. The summed E-state index contributed by atoms with van der Waals surface area (Å²) < 4.78 is 11.1. The highest BCUT2D eigenvalue weighted by Crippen LogP contribution is 2.23. The van der Waals surface area contributed by atoms with E-state index in [1.54, 1.807) is 0 Å². The molecule has 1 amide bonds. The largest absolute Gasteiger partial charge is 0.444 e. The fraction of sp³-hybridized carbons (Fsp3) is 0.938. The molecule has 2 rings (SSSR count). The highest BCUT2D eigenvalue weighted by Gasteiger charge is 2.32. The number of amides is 1. The van der Waals surface area contributed by atoms with Gasteiger partial charge in [-0.1, -0.05) is 0 Å². The predicted octanol–water partition coefficient (Wildman–Crippen LogP) is 1.31.